The van der Waals surface area contributed by atoms with Gasteiger partial charge in [-0.15, -0.1) is 0 Å². The quantitative estimate of drug-likeness (QED) is 0.403. The van der Waals surface area contributed by atoms with Crippen molar-refractivity contribution < 1.29 is 22.4 Å². The van der Waals surface area contributed by atoms with E-state index >= 15 is 0 Å². The maximum absolute atomic E-state index is 14.2. The van der Waals surface area contributed by atoms with Gasteiger partial charge in [0, 0.05) is 54.3 Å². The lowest BCUT2D eigenvalue weighted by Crippen LogP contribution is -2.11. The number of carbonyl (C=O) groups is 1. The second kappa shape index (κ2) is 7.01. The molecule has 4 rings (SSSR count). The summed E-state index contributed by atoms with van der Waals surface area (Å²) in [6.45, 7) is 0.0941. The molecule has 146 valence electrons. The number of nitrogens with one attached hydrogen (secondary N) is 1. The molecule has 1 aliphatic rings. The van der Waals surface area contributed by atoms with Gasteiger partial charge >= 0.3 is 0 Å². The fraction of sp³-hybridized carbons (Fsp3) is 0.278. The second-order valence-corrected chi connectivity index (χ2v) is 7.00. The number of nitrogens with zero attached hydrogens (tertiary/aromatic N) is 3. The number of aryl methyl sites for hydroxylation is 1. The molecule has 0 amide bonds. The van der Waals surface area contributed by atoms with E-state index in [1.54, 1.807) is 4.57 Å². The SMILES string of the molecule is O=C(CCc1[nH]c(=S)n2c1C[C@H](c1c(F)c(F)cc(F)c1F)C2)n1ccnc1. The fourth-order valence-electron chi connectivity index (χ4n) is 3.62. The molecule has 10 heteroatoms. The van der Waals surface area contributed by atoms with E-state index in [2.05, 4.69) is 9.97 Å². The molecule has 0 unspecified atom stereocenters. The first-order chi connectivity index (χ1) is 13.4. The van der Waals surface area contributed by atoms with Gasteiger partial charge in [0.2, 0.25) is 5.91 Å². The third-order valence-electron chi connectivity index (χ3n) is 4.96. The standard InChI is InChI=1S/C18H14F4N4OS/c19-10-6-11(20)17(22)15(16(10)21)9-5-13-12(24-18(28)26(13)7-9)1-2-14(27)25-4-3-23-8-25/h3-4,6,8-9H,1-2,5,7H2,(H,24,28)/t9-/m0/s1. The highest BCUT2D eigenvalue weighted by Gasteiger charge is 2.33. The number of aromatic nitrogens is 4. The molecule has 28 heavy (non-hydrogen) atoms. The molecule has 3 heterocycles. The van der Waals surface area contributed by atoms with Crippen LogP contribution in [0.3, 0.4) is 0 Å². The lowest BCUT2D eigenvalue weighted by molar-refractivity contribution is 0.0902. The van der Waals surface area contributed by atoms with Crippen molar-refractivity contribution in [2.45, 2.75) is 31.7 Å². The Morgan fingerprint density at radius 1 is 1.25 bits per heavy atom. The van der Waals surface area contributed by atoms with Crippen LogP contribution in [-0.4, -0.2) is 25.0 Å². The predicted octanol–water partition coefficient (Wildman–Crippen LogP) is 3.91. The van der Waals surface area contributed by atoms with Crippen molar-refractivity contribution in [3.05, 3.63) is 69.8 Å². The Hall–Kier alpha value is -2.75. The maximum Gasteiger partial charge on any atom is 0.232 e. The van der Waals surface area contributed by atoms with Crippen molar-refractivity contribution in [3.63, 3.8) is 0 Å². The molecule has 1 atom stereocenters. The highest BCUT2D eigenvalue weighted by atomic mass is 32.1. The van der Waals surface area contributed by atoms with Crippen LogP contribution in [0.25, 0.3) is 0 Å². The lowest BCUT2D eigenvalue weighted by Gasteiger charge is -2.13. The van der Waals surface area contributed by atoms with Crippen LogP contribution < -0.4 is 0 Å². The molecule has 0 radical (unpaired) electrons. The summed E-state index contributed by atoms with van der Waals surface area (Å²) in [6, 6.07) is 0.197. The summed E-state index contributed by atoms with van der Waals surface area (Å²) >= 11 is 5.25. The maximum atomic E-state index is 14.2. The Bertz CT molecular complexity index is 1090. The minimum Gasteiger partial charge on any atom is -0.334 e. The van der Waals surface area contributed by atoms with E-state index < -0.39 is 34.8 Å². The van der Waals surface area contributed by atoms with Crippen LogP contribution in [0.2, 0.25) is 0 Å². The van der Waals surface area contributed by atoms with Gasteiger partial charge in [-0.2, -0.15) is 0 Å². The average Bonchev–Trinajstić information content (AvgIpc) is 3.37. The Labute approximate surface area is 161 Å². The summed E-state index contributed by atoms with van der Waals surface area (Å²) in [4.78, 5) is 19.0. The number of hydrogen-bond acceptors (Lipinski definition) is 3. The summed E-state index contributed by atoms with van der Waals surface area (Å²) in [6.07, 6.45) is 5.08. The summed E-state index contributed by atoms with van der Waals surface area (Å²) in [5, 5.41) is 0. The highest BCUT2D eigenvalue weighted by Crippen LogP contribution is 2.36. The van der Waals surface area contributed by atoms with Gasteiger partial charge in [-0.3, -0.25) is 9.36 Å². The van der Waals surface area contributed by atoms with Gasteiger partial charge in [-0.05, 0) is 25.1 Å². The molecule has 1 aliphatic heterocycles. The molecule has 0 saturated heterocycles. The number of rotatable bonds is 4. The smallest absolute Gasteiger partial charge is 0.232 e. The van der Waals surface area contributed by atoms with Crippen molar-refractivity contribution in [2.75, 3.05) is 0 Å². The largest absolute Gasteiger partial charge is 0.334 e. The number of benzene rings is 1. The van der Waals surface area contributed by atoms with E-state index in [1.165, 1.54) is 23.3 Å². The number of halogens is 4. The molecule has 0 aliphatic carbocycles. The van der Waals surface area contributed by atoms with Crippen LogP contribution in [0.15, 0.2) is 24.8 Å². The molecule has 3 aromatic rings. The number of carbonyl (C=O) groups excluding carboxylic acids is 1. The fourth-order valence-corrected chi connectivity index (χ4v) is 3.92. The molecular weight excluding hydrogens is 396 g/mol. The van der Waals surface area contributed by atoms with Gasteiger partial charge in [0.15, 0.2) is 28.0 Å². The first-order valence-electron chi connectivity index (χ1n) is 8.51. The Morgan fingerprint density at radius 3 is 2.61 bits per heavy atom. The molecule has 0 spiro atoms. The normalized spacial score (nSPS) is 15.8. The minimum atomic E-state index is -1.43. The zero-order valence-electron chi connectivity index (χ0n) is 14.4. The van der Waals surface area contributed by atoms with Gasteiger partial charge < -0.3 is 9.55 Å². The van der Waals surface area contributed by atoms with Crippen molar-refractivity contribution in [1.82, 2.24) is 19.1 Å². The molecule has 1 aromatic carbocycles. The molecule has 0 fully saturated rings. The van der Waals surface area contributed by atoms with Crippen LogP contribution in [0.4, 0.5) is 17.6 Å². The van der Waals surface area contributed by atoms with Crippen LogP contribution in [-0.2, 0) is 19.4 Å². The van der Waals surface area contributed by atoms with Crippen molar-refractivity contribution in [1.29, 1.82) is 0 Å². The van der Waals surface area contributed by atoms with E-state index in [-0.39, 0.29) is 31.4 Å². The number of fused-ring (bicyclic) bond motifs is 1. The molecule has 1 N–H and O–H groups in total. The van der Waals surface area contributed by atoms with Crippen molar-refractivity contribution >= 4 is 18.1 Å². The number of H-pyrrole nitrogens is 1. The molecular formula is C18H14F4N4OS. The lowest BCUT2D eigenvalue weighted by atomic mass is 9.94. The molecule has 0 saturated carbocycles. The van der Waals surface area contributed by atoms with Gasteiger partial charge in [-0.25, -0.2) is 22.5 Å². The Morgan fingerprint density at radius 2 is 1.96 bits per heavy atom. The third kappa shape index (κ3) is 3.07. The van der Waals surface area contributed by atoms with Gasteiger partial charge in [-0.1, -0.05) is 0 Å². The van der Waals surface area contributed by atoms with Crippen molar-refractivity contribution in [2.24, 2.45) is 0 Å². The summed E-state index contributed by atoms with van der Waals surface area (Å²) in [7, 11) is 0. The Balaban J connectivity index is 1.59. The van der Waals surface area contributed by atoms with E-state index in [4.69, 9.17) is 12.2 Å². The zero-order valence-corrected chi connectivity index (χ0v) is 15.2. The highest BCUT2D eigenvalue weighted by molar-refractivity contribution is 7.71. The number of hydrogen-bond donors (Lipinski definition) is 1. The second-order valence-electron chi connectivity index (χ2n) is 6.61. The monoisotopic (exact) mass is 410 g/mol. The number of imidazole rings is 2. The summed E-state index contributed by atoms with van der Waals surface area (Å²) < 4.78 is 58.8. The van der Waals surface area contributed by atoms with Gasteiger partial charge in [0.1, 0.15) is 6.33 Å². The van der Waals surface area contributed by atoms with Gasteiger partial charge in [0.05, 0.1) is 0 Å². The topological polar surface area (TPSA) is 55.6 Å². The first kappa shape index (κ1) is 18.6. The van der Waals surface area contributed by atoms with E-state index in [0.717, 1.165) is 0 Å². The summed E-state index contributed by atoms with van der Waals surface area (Å²) in [5.74, 6) is -6.60. The molecule has 2 aromatic heterocycles. The Kier molecular flexibility index (Phi) is 4.66. The van der Waals surface area contributed by atoms with Crippen LogP contribution in [0.1, 0.15) is 34.1 Å². The zero-order chi connectivity index (χ0) is 20.0. The van der Waals surface area contributed by atoms with E-state index in [9.17, 15) is 22.4 Å². The average molecular weight is 410 g/mol. The first-order valence-corrected chi connectivity index (χ1v) is 8.92. The summed E-state index contributed by atoms with van der Waals surface area (Å²) in [5.41, 5.74) is 0.728. The van der Waals surface area contributed by atoms with Gasteiger partial charge in [0.25, 0.3) is 0 Å². The molecule has 0 bridgehead atoms. The van der Waals surface area contributed by atoms with Crippen LogP contribution in [0.5, 0.6) is 0 Å². The predicted molar refractivity (Wildman–Crippen MR) is 93.5 cm³/mol. The van der Waals surface area contributed by atoms with Crippen LogP contribution in [0, 0.1) is 28.0 Å². The number of aromatic amines is 1. The van der Waals surface area contributed by atoms with Crippen molar-refractivity contribution in [3.8, 4) is 0 Å². The van der Waals surface area contributed by atoms with Crippen LogP contribution >= 0.6 is 12.2 Å². The van der Waals surface area contributed by atoms with E-state index in [1.807, 2.05) is 0 Å². The molecule has 5 nitrogen and oxygen atoms in total. The third-order valence-corrected chi connectivity index (χ3v) is 5.28. The van der Waals surface area contributed by atoms with E-state index in [0.29, 0.717) is 22.6 Å². The minimum absolute atomic E-state index is 0.0941.